The molecule has 13 heavy (non-hydrogen) atoms. The highest BCUT2D eigenvalue weighted by atomic mass is 16.8. The fourth-order valence-corrected chi connectivity index (χ4v) is 0.458. The van der Waals surface area contributed by atoms with Gasteiger partial charge in [-0.25, -0.2) is 0 Å². The maximum absolute atomic E-state index is 5.04. The summed E-state index contributed by atoms with van der Waals surface area (Å²) in [7, 11) is 3.13. The maximum Gasteiger partial charge on any atom is 0.157 e. The molecule has 0 saturated heterocycles. The molecule has 0 aromatic carbocycles. The molecule has 80 valence electrons. The van der Waals surface area contributed by atoms with Crippen molar-refractivity contribution in [3.05, 3.63) is 0 Å². The summed E-state index contributed by atoms with van der Waals surface area (Å²) in [6.45, 7) is 3.85. The Morgan fingerprint density at radius 2 is 1.23 bits per heavy atom. The van der Waals surface area contributed by atoms with Gasteiger partial charge in [0.1, 0.15) is 0 Å². The van der Waals surface area contributed by atoms with Crippen LogP contribution in [0.5, 0.6) is 0 Å². The summed E-state index contributed by atoms with van der Waals surface area (Å²) in [5.74, 6) is 0. The minimum atomic E-state index is -0.264. The van der Waals surface area contributed by atoms with Gasteiger partial charge in [-0.3, -0.25) is 0 Å². The standard InChI is InChI=1S/C8H18O5/c1-7(9-3)12-5-11-6-13-8(2)10-4/h7-8H,5-6H2,1-4H3. The molecule has 0 aromatic rings. The lowest BCUT2D eigenvalue weighted by atomic mass is 10.8. The molecule has 5 heteroatoms. The van der Waals surface area contributed by atoms with Gasteiger partial charge in [-0.1, -0.05) is 0 Å². The third-order valence-electron chi connectivity index (χ3n) is 1.44. The van der Waals surface area contributed by atoms with Gasteiger partial charge in [-0.05, 0) is 13.8 Å². The summed E-state index contributed by atoms with van der Waals surface area (Å²) < 4.78 is 24.7. The van der Waals surface area contributed by atoms with Crippen molar-refractivity contribution in [2.45, 2.75) is 26.4 Å². The molecular formula is C8H18O5. The highest BCUT2D eigenvalue weighted by Crippen LogP contribution is 1.93. The summed E-state index contributed by atoms with van der Waals surface area (Å²) in [5.41, 5.74) is 0. The number of hydrogen-bond donors (Lipinski definition) is 0. The fourth-order valence-electron chi connectivity index (χ4n) is 0.458. The topological polar surface area (TPSA) is 46.2 Å². The second-order valence-corrected chi connectivity index (χ2v) is 2.38. The Labute approximate surface area is 78.9 Å². The van der Waals surface area contributed by atoms with E-state index >= 15 is 0 Å². The first-order valence-electron chi connectivity index (χ1n) is 4.07. The van der Waals surface area contributed by atoms with Crippen LogP contribution in [-0.2, 0) is 23.7 Å². The van der Waals surface area contributed by atoms with Crippen LogP contribution in [0, 0.1) is 0 Å². The molecule has 0 aliphatic carbocycles. The van der Waals surface area contributed by atoms with E-state index in [1.807, 2.05) is 0 Å². The largest absolute Gasteiger partial charge is 0.356 e. The van der Waals surface area contributed by atoms with E-state index in [-0.39, 0.29) is 26.2 Å². The molecule has 0 aliphatic heterocycles. The second kappa shape index (κ2) is 8.40. The molecule has 0 spiro atoms. The number of ether oxygens (including phenoxy) is 5. The predicted octanol–water partition coefficient (Wildman–Crippen LogP) is 0.936. The van der Waals surface area contributed by atoms with E-state index in [0.717, 1.165) is 0 Å². The zero-order valence-corrected chi connectivity index (χ0v) is 8.61. The van der Waals surface area contributed by atoms with Crippen LogP contribution in [0.2, 0.25) is 0 Å². The lowest BCUT2D eigenvalue weighted by molar-refractivity contribution is -0.230. The Bertz CT molecular complexity index is 96.7. The fraction of sp³-hybridized carbons (Fsp3) is 1.00. The van der Waals surface area contributed by atoms with Crippen molar-refractivity contribution >= 4 is 0 Å². The average Bonchev–Trinajstić information content (AvgIpc) is 2.16. The van der Waals surface area contributed by atoms with Crippen LogP contribution in [-0.4, -0.2) is 40.4 Å². The molecule has 0 N–H and O–H groups in total. The molecule has 2 atom stereocenters. The molecule has 5 nitrogen and oxygen atoms in total. The van der Waals surface area contributed by atoms with E-state index in [1.165, 1.54) is 0 Å². The van der Waals surface area contributed by atoms with Crippen molar-refractivity contribution in [3.63, 3.8) is 0 Å². The van der Waals surface area contributed by atoms with Gasteiger partial charge in [-0.2, -0.15) is 0 Å². The molecule has 2 unspecified atom stereocenters. The highest BCUT2D eigenvalue weighted by molar-refractivity contribution is 4.24. The summed E-state index contributed by atoms with van der Waals surface area (Å²) in [5, 5.41) is 0. The summed E-state index contributed by atoms with van der Waals surface area (Å²) >= 11 is 0. The Morgan fingerprint density at radius 3 is 1.54 bits per heavy atom. The first-order valence-corrected chi connectivity index (χ1v) is 4.07. The van der Waals surface area contributed by atoms with E-state index in [0.29, 0.717) is 0 Å². The zero-order chi connectivity index (χ0) is 10.1. The Morgan fingerprint density at radius 1 is 0.846 bits per heavy atom. The normalized spacial score (nSPS) is 15.7. The number of methoxy groups -OCH3 is 2. The lowest BCUT2D eigenvalue weighted by Gasteiger charge is -2.13. The Kier molecular flexibility index (Phi) is 8.27. The van der Waals surface area contributed by atoms with E-state index in [9.17, 15) is 0 Å². The van der Waals surface area contributed by atoms with E-state index < -0.39 is 0 Å². The molecule has 0 aromatic heterocycles. The molecule has 0 radical (unpaired) electrons. The Hall–Kier alpha value is -0.200. The van der Waals surface area contributed by atoms with Gasteiger partial charge in [0.25, 0.3) is 0 Å². The molecule has 0 amide bonds. The van der Waals surface area contributed by atoms with Gasteiger partial charge >= 0.3 is 0 Å². The predicted molar refractivity (Wildman–Crippen MR) is 45.9 cm³/mol. The molecule has 0 saturated carbocycles. The van der Waals surface area contributed by atoms with Gasteiger partial charge in [0.2, 0.25) is 0 Å². The van der Waals surface area contributed by atoms with E-state index in [4.69, 9.17) is 23.7 Å². The van der Waals surface area contributed by atoms with Crippen molar-refractivity contribution in [2.75, 3.05) is 27.8 Å². The van der Waals surface area contributed by atoms with Crippen LogP contribution in [0.1, 0.15) is 13.8 Å². The molecule has 0 aliphatic rings. The van der Waals surface area contributed by atoms with Gasteiger partial charge in [0, 0.05) is 14.2 Å². The van der Waals surface area contributed by atoms with Gasteiger partial charge in [0.05, 0.1) is 0 Å². The summed E-state index contributed by atoms with van der Waals surface area (Å²) in [4.78, 5) is 0. The Balaban J connectivity index is 3.08. The summed E-state index contributed by atoms with van der Waals surface area (Å²) in [6.07, 6.45) is -0.528. The van der Waals surface area contributed by atoms with Crippen LogP contribution < -0.4 is 0 Å². The monoisotopic (exact) mass is 194 g/mol. The van der Waals surface area contributed by atoms with Gasteiger partial charge < -0.3 is 23.7 Å². The average molecular weight is 194 g/mol. The quantitative estimate of drug-likeness (QED) is 0.425. The third kappa shape index (κ3) is 8.14. The molecule has 0 heterocycles. The molecule has 0 rings (SSSR count). The molecule has 0 fully saturated rings. The minimum Gasteiger partial charge on any atom is -0.356 e. The third-order valence-corrected chi connectivity index (χ3v) is 1.44. The van der Waals surface area contributed by atoms with Crippen LogP contribution in [0.15, 0.2) is 0 Å². The van der Waals surface area contributed by atoms with Crippen molar-refractivity contribution < 1.29 is 23.7 Å². The van der Waals surface area contributed by atoms with Crippen LogP contribution >= 0.6 is 0 Å². The van der Waals surface area contributed by atoms with Gasteiger partial charge in [0.15, 0.2) is 26.2 Å². The highest BCUT2D eigenvalue weighted by Gasteiger charge is 1.99. The zero-order valence-electron chi connectivity index (χ0n) is 8.61. The SMILES string of the molecule is COC(C)OCOCOC(C)OC. The van der Waals surface area contributed by atoms with Crippen molar-refractivity contribution in [2.24, 2.45) is 0 Å². The van der Waals surface area contributed by atoms with Crippen molar-refractivity contribution in [3.8, 4) is 0 Å². The molecular weight excluding hydrogens is 176 g/mol. The first kappa shape index (κ1) is 12.8. The van der Waals surface area contributed by atoms with E-state index in [2.05, 4.69) is 0 Å². The first-order chi connectivity index (χ1) is 6.20. The number of hydrogen-bond acceptors (Lipinski definition) is 5. The van der Waals surface area contributed by atoms with Crippen LogP contribution in [0.4, 0.5) is 0 Å². The lowest BCUT2D eigenvalue weighted by Crippen LogP contribution is -2.17. The van der Waals surface area contributed by atoms with Gasteiger partial charge in [-0.15, -0.1) is 0 Å². The van der Waals surface area contributed by atoms with E-state index in [1.54, 1.807) is 28.1 Å². The van der Waals surface area contributed by atoms with Crippen molar-refractivity contribution in [1.29, 1.82) is 0 Å². The van der Waals surface area contributed by atoms with Crippen molar-refractivity contribution in [1.82, 2.24) is 0 Å². The van der Waals surface area contributed by atoms with Crippen LogP contribution in [0.3, 0.4) is 0 Å². The summed E-state index contributed by atoms with van der Waals surface area (Å²) in [6, 6.07) is 0. The number of rotatable bonds is 8. The molecule has 0 bridgehead atoms. The minimum absolute atomic E-state index is 0.144. The van der Waals surface area contributed by atoms with Crippen LogP contribution in [0.25, 0.3) is 0 Å². The smallest absolute Gasteiger partial charge is 0.157 e. The second-order valence-electron chi connectivity index (χ2n) is 2.38. The maximum atomic E-state index is 5.04.